The second-order valence-corrected chi connectivity index (χ2v) is 6.93. The van der Waals surface area contributed by atoms with Gasteiger partial charge < -0.3 is 4.90 Å². The minimum atomic E-state index is -4.89. The average Bonchev–Trinajstić information content (AvgIpc) is 2.67. The van der Waals surface area contributed by atoms with Gasteiger partial charge in [0.25, 0.3) is 5.69 Å². The van der Waals surface area contributed by atoms with Gasteiger partial charge in [0.05, 0.1) is 33.9 Å². The van der Waals surface area contributed by atoms with Gasteiger partial charge in [0, 0.05) is 18.1 Å². The Labute approximate surface area is 172 Å². The van der Waals surface area contributed by atoms with Gasteiger partial charge in [0.1, 0.15) is 5.56 Å². The van der Waals surface area contributed by atoms with Crippen molar-refractivity contribution in [3.05, 3.63) is 92.5 Å². The van der Waals surface area contributed by atoms with Crippen molar-refractivity contribution in [3.8, 4) is 0 Å². The second kappa shape index (κ2) is 8.56. The van der Waals surface area contributed by atoms with Gasteiger partial charge in [-0.1, -0.05) is 12.1 Å². The molecule has 29 heavy (non-hydrogen) atoms. The van der Waals surface area contributed by atoms with Crippen molar-refractivity contribution in [1.29, 1.82) is 0 Å². The minimum Gasteiger partial charge on any atom is -0.360 e. The van der Waals surface area contributed by atoms with Crippen LogP contribution in [-0.4, -0.2) is 14.9 Å². The van der Waals surface area contributed by atoms with Crippen LogP contribution >= 0.6 is 15.9 Å². The number of nitro groups is 1. The number of hydrogen-bond donors (Lipinski definition) is 0. The number of anilines is 1. The van der Waals surface area contributed by atoms with Crippen molar-refractivity contribution < 1.29 is 18.1 Å². The Kier molecular flexibility index (Phi) is 6.12. The molecule has 0 radical (unpaired) electrons. The molecular formula is C19H14BrF3N4O2. The van der Waals surface area contributed by atoms with E-state index in [9.17, 15) is 23.3 Å². The highest BCUT2D eigenvalue weighted by Crippen LogP contribution is 2.43. The normalized spacial score (nSPS) is 11.3. The molecule has 0 unspecified atom stereocenters. The van der Waals surface area contributed by atoms with Crippen LogP contribution in [0.5, 0.6) is 0 Å². The van der Waals surface area contributed by atoms with Crippen LogP contribution in [0.4, 0.5) is 24.5 Å². The van der Waals surface area contributed by atoms with E-state index in [-0.39, 0.29) is 23.2 Å². The maximum absolute atomic E-state index is 13.5. The number of nitro benzene ring substituents is 1. The van der Waals surface area contributed by atoms with Gasteiger partial charge in [-0.15, -0.1) is 0 Å². The quantitative estimate of drug-likeness (QED) is 0.360. The molecule has 0 aliphatic carbocycles. The maximum Gasteiger partial charge on any atom is 0.423 e. The van der Waals surface area contributed by atoms with Crippen LogP contribution < -0.4 is 4.90 Å². The second-order valence-electron chi connectivity index (χ2n) is 6.08. The van der Waals surface area contributed by atoms with E-state index in [1.54, 1.807) is 53.7 Å². The summed E-state index contributed by atoms with van der Waals surface area (Å²) in [5.74, 6) is 0. The predicted octanol–water partition coefficient (Wildman–Crippen LogP) is 5.37. The van der Waals surface area contributed by atoms with Crippen molar-refractivity contribution in [2.45, 2.75) is 19.3 Å². The number of rotatable bonds is 6. The molecule has 0 fully saturated rings. The molecule has 3 rings (SSSR count). The Bertz CT molecular complexity index is 960. The van der Waals surface area contributed by atoms with E-state index in [1.165, 1.54) is 6.07 Å². The third kappa shape index (κ3) is 5.08. The molecule has 0 bridgehead atoms. The first-order valence-electron chi connectivity index (χ1n) is 8.35. The summed E-state index contributed by atoms with van der Waals surface area (Å²) in [6.07, 6.45) is -1.72. The summed E-state index contributed by atoms with van der Waals surface area (Å²) in [7, 11) is 0. The predicted molar refractivity (Wildman–Crippen MR) is 104 cm³/mol. The zero-order chi connectivity index (χ0) is 21.0. The zero-order valence-electron chi connectivity index (χ0n) is 14.8. The lowest BCUT2D eigenvalue weighted by Gasteiger charge is -2.25. The Morgan fingerprint density at radius 3 is 1.97 bits per heavy atom. The first-order valence-corrected chi connectivity index (χ1v) is 9.15. The van der Waals surface area contributed by atoms with Crippen LogP contribution in [0.15, 0.2) is 65.4 Å². The van der Waals surface area contributed by atoms with Crippen molar-refractivity contribution in [3.63, 3.8) is 0 Å². The van der Waals surface area contributed by atoms with E-state index < -0.39 is 22.4 Å². The molecule has 10 heteroatoms. The smallest absolute Gasteiger partial charge is 0.360 e. The van der Waals surface area contributed by atoms with Crippen LogP contribution in [0.25, 0.3) is 0 Å². The number of nitrogens with zero attached hydrogens (tertiary/aromatic N) is 4. The van der Waals surface area contributed by atoms with E-state index in [2.05, 4.69) is 25.9 Å². The van der Waals surface area contributed by atoms with Crippen molar-refractivity contribution in [2.75, 3.05) is 4.90 Å². The highest BCUT2D eigenvalue weighted by atomic mass is 79.9. The summed E-state index contributed by atoms with van der Waals surface area (Å²) in [5.41, 5.74) is -0.917. The van der Waals surface area contributed by atoms with Crippen LogP contribution in [0.2, 0.25) is 0 Å². The molecule has 3 aromatic rings. The fourth-order valence-corrected chi connectivity index (χ4v) is 3.37. The van der Waals surface area contributed by atoms with Crippen molar-refractivity contribution in [1.82, 2.24) is 9.97 Å². The number of benzene rings is 1. The van der Waals surface area contributed by atoms with Crippen molar-refractivity contribution in [2.24, 2.45) is 0 Å². The molecule has 6 nitrogen and oxygen atoms in total. The fourth-order valence-electron chi connectivity index (χ4n) is 2.78. The van der Waals surface area contributed by atoms with Crippen LogP contribution in [-0.2, 0) is 19.3 Å². The standard InChI is InChI=1S/C19H14BrF3N4O2/c20-17-10-15(9-16(19(21,22)23)18(17)27(28)29)26(11-13-5-1-3-7-24-13)12-14-6-2-4-8-25-14/h1-10H,11-12H2. The Morgan fingerprint density at radius 2 is 1.55 bits per heavy atom. The average molecular weight is 467 g/mol. The zero-order valence-corrected chi connectivity index (χ0v) is 16.4. The molecule has 0 saturated heterocycles. The van der Waals surface area contributed by atoms with E-state index in [1.807, 2.05) is 0 Å². The molecule has 0 spiro atoms. The van der Waals surface area contributed by atoms with E-state index in [4.69, 9.17) is 0 Å². The van der Waals surface area contributed by atoms with E-state index in [0.29, 0.717) is 11.4 Å². The monoisotopic (exact) mass is 466 g/mol. The largest absolute Gasteiger partial charge is 0.423 e. The Balaban J connectivity index is 2.09. The molecular weight excluding hydrogens is 453 g/mol. The first-order chi connectivity index (χ1) is 13.8. The minimum absolute atomic E-state index is 0.158. The summed E-state index contributed by atoms with van der Waals surface area (Å²) >= 11 is 2.93. The molecule has 0 N–H and O–H groups in total. The lowest BCUT2D eigenvalue weighted by molar-refractivity contribution is -0.388. The van der Waals surface area contributed by atoms with Crippen LogP contribution in [0, 0.1) is 10.1 Å². The molecule has 2 heterocycles. The summed E-state index contributed by atoms with van der Waals surface area (Å²) in [4.78, 5) is 20.2. The number of alkyl halides is 3. The van der Waals surface area contributed by atoms with Gasteiger partial charge >= 0.3 is 6.18 Å². The molecule has 150 valence electrons. The molecule has 0 aliphatic rings. The first kappa shape index (κ1) is 20.7. The van der Waals surface area contributed by atoms with E-state index >= 15 is 0 Å². The summed E-state index contributed by atoms with van der Waals surface area (Å²) in [6.45, 7) is 0.387. The van der Waals surface area contributed by atoms with Crippen molar-refractivity contribution >= 4 is 27.3 Å². The van der Waals surface area contributed by atoms with Gasteiger partial charge in [-0.25, -0.2) is 0 Å². The SMILES string of the molecule is O=[N+]([O-])c1c(Br)cc(N(Cc2ccccn2)Cc2ccccn2)cc1C(F)(F)F. The summed E-state index contributed by atoms with van der Waals surface area (Å²) in [5, 5.41) is 11.2. The van der Waals surface area contributed by atoms with E-state index in [0.717, 1.165) is 6.07 Å². The third-order valence-corrected chi connectivity index (χ3v) is 4.66. The molecule has 0 atom stereocenters. The van der Waals surface area contributed by atoms with Gasteiger partial charge in [-0.05, 0) is 52.3 Å². The van der Waals surface area contributed by atoms with Crippen LogP contribution in [0.3, 0.4) is 0 Å². The Hall–Kier alpha value is -3.01. The summed E-state index contributed by atoms with van der Waals surface area (Å²) in [6, 6.07) is 12.6. The van der Waals surface area contributed by atoms with Gasteiger partial charge in [0.2, 0.25) is 0 Å². The molecule has 0 amide bonds. The fraction of sp³-hybridized carbons (Fsp3) is 0.158. The van der Waals surface area contributed by atoms with Gasteiger partial charge in [-0.2, -0.15) is 13.2 Å². The highest BCUT2D eigenvalue weighted by Gasteiger charge is 2.40. The van der Waals surface area contributed by atoms with Gasteiger partial charge in [-0.3, -0.25) is 20.1 Å². The van der Waals surface area contributed by atoms with Gasteiger partial charge in [0.15, 0.2) is 0 Å². The summed E-state index contributed by atoms with van der Waals surface area (Å²) < 4.78 is 40.3. The lowest BCUT2D eigenvalue weighted by Crippen LogP contribution is -2.24. The highest BCUT2D eigenvalue weighted by molar-refractivity contribution is 9.10. The molecule has 0 aliphatic heterocycles. The number of halogens is 4. The van der Waals surface area contributed by atoms with Crippen LogP contribution in [0.1, 0.15) is 17.0 Å². The molecule has 2 aromatic heterocycles. The number of hydrogen-bond acceptors (Lipinski definition) is 5. The molecule has 0 saturated carbocycles. The Morgan fingerprint density at radius 1 is 1.00 bits per heavy atom. The topological polar surface area (TPSA) is 72.2 Å². The third-order valence-electron chi connectivity index (χ3n) is 4.06. The number of pyridine rings is 2. The number of aromatic nitrogens is 2. The molecule has 1 aromatic carbocycles. The lowest BCUT2D eigenvalue weighted by atomic mass is 10.1. The maximum atomic E-state index is 13.5.